The molecule has 0 aliphatic carbocycles. The van der Waals surface area contributed by atoms with E-state index in [1.54, 1.807) is 6.92 Å². The number of halogens is 2. The Morgan fingerprint density at radius 1 is 1.24 bits per heavy atom. The van der Waals surface area contributed by atoms with Crippen molar-refractivity contribution in [2.45, 2.75) is 33.7 Å². The summed E-state index contributed by atoms with van der Waals surface area (Å²) in [5.74, 6) is -2.33. The van der Waals surface area contributed by atoms with Crippen LogP contribution in [0.2, 0.25) is 0 Å². The summed E-state index contributed by atoms with van der Waals surface area (Å²) in [7, 11) is 0. The van der Waals surface area contributed by atoms with Crippen LogP contribution in [0.3, 0.4) is 0 Å². The van der Waals surface area contributed by atoms with E-state index in [4.69, 9.17) is 0 Å². The zero-order chi connectivity index (χ0) is 18.3. The molecule has 0 saturated heterocycles. The summed E-state index contributed by atoms with van der Waals surface area (Å²) >= 11 is 0. The van der Waals surface area contributed by atoms with E-state index in [1.165, 1.54) is 17.8 Å². The Hall–Kier alpha value is -2.83. The molecular weight excluding hydrogens is 328 g/mol. The number of aromatic nitrogens is 3. The second-order valence-corrected chi connectivity index (χ2v) is 5.94. The van der Waals surface area contributed by atoms with Crippen molar-refractivity contribution in [2.24, 2.45) is 0 Å². The van der Waals surface area contributed by atoms with E-state index in [1.807, 2.05) is 6.92 Å². The van der Waals surface area contributed by atoms with E-state index < -0.39 is 11.6 Å². The quantitative estimate of drug-likeness (QED) is 0.719. The maximum atomic E-state index is 13.5. The number of hydrogen-bond acceptors (Lipinski definition) is 3. The summed E-state index contributed by atoms with van der Waals surface area (Å²) < 4.78 is 28.2. The number of nitrogens with zero attached hydrogens (tertiary/aromatic N) is 2. The fraction of sp³-hybridized carbons (Fsp3) is 0.278. The van der Waals surface area contributed by atoms with Crippen molar-refractivity contribution < 1.29 is 18.4 Å². The van der Waals surface area contributed by atoms with Gasteiger partial charge in [0.05, 0.1) is 29.6 Å². The van der Waals surface area contributed by atoms with Crippen LogP contribution in [-0.2, 0) is 13.0 Å². The second kappa shape index (κ2) is 6.23. The highest BCUT2D eigenvalue weighted by Gasteiger charge is 2.22. The Labute approximate surface area is 142 Å². The Morgan fingerprint density at radius 3 is 2.56 bits per heavy atom. The van der Waals surface area contributed by atoms with Gasteiger partial charge in [0.25, 0.3) is 0 Å². The number of H-pyrrole nitrogens is 1. The van der Waals surface area contributed by atoms with Gasteiger partial charge in [0.15, 0.2) is 23.2 Å². The molecule has 0 atom stereocenters. The Balaban J connectivity index is 2.00. The number of rotatable bonds is 5. The highest BCUT2D eigenvalue weighted by atomic mass is 19.2. The van der Waals surface area contributed by atoms with Gasteiger partial charge in [-0.25, -0.2) is 13.8 Å². The van der Waals surface area contributed by atoms with Gasteiger partial charge < -0.3 is 9.55 Å². The monoisotopic (exact) mass is 345 g/mol. The largest absolute Gasteiger partial charge is 0.355 e. The smallest absolute Gasteiger partial charge is 0.198 e. The zero-order valence-corrected chi connectivity index (χ0v) is 14.1. The van der Waals surface area contributed by atoms with Crippen molar-refractivity contribution in [1.29, 1.82) is 0 Å². The van der Waals surface area contributed by atoms with Crippen molar-refractivity contribution in [2.75, 3.05) is 0 Å². The molecule has 1 aromatic carbocycles. The first-order chi connectivity index (χ1) is 11.8. The SMILES string of the molecule is CCc1c(C(=O)Cn2cnc3cc(F)c(F)cc32)[nH]c(C)c1C(C)=O. The van der Waals surface area contributed by atoms with Crippen LogP contribution in [0.5, 0.6) is 0 Å². The van der Waals surface area contributed by atoms with Gasteiger partial charge in [0, 0.05) is 23.4 Å². The van der Waals surface area contributed by atoms with E-state index in [-0.39, 0.29) is 23.6 Å². The van der Waals surface area contributed by atoms with Crippen LogP contribution in [0, 0.1) is 18.6 Å². The third-order valence-electron chi connectivity index (χ3n) is 4.25. The number of hydrogen-bond donors (Lipinski definition) is 1. The maximum absolute atomic E-state index is 13.5. The predicted molar refractivity (Wildman–Crippen MR) is 88.9 cm³/mol. The zero-order valence-electron chi connectivity index (χ0n) is 14.1. The van der Waals surface area contributed by atoms with Crippen LogP contribution < -0.4 is 0 Å². The molecule has 1 N–H and O–H groups in total. The van der Waals surface area contributed by atoms with Crippen LogP contribution in [-0.4, -0.2) is 26.1 Å². The summed E-state index contributed by atoms with van der Waals surface area (Å²) in [6, 6.07) is 2.02. The molecule has 0 unspecified atom stereocenters. The third-order valence-corrected chi connectivity index (χ3v) is 4.25. The van der Waals surface area contributed by atoms with Crippen LogP contribution >= 0.6 is 0 Å². The molecule has 0 aliphatic heterocycles. The maximum Gasteiger partial charge on any atom is 0.198 e. The van der Waals surface area contributed by atoms with E-state index in [0.717, 1.165) is 12.1 Å². The highest BCUT2D eigenvalue weighted by Crippen LogP contribution is 2.22. The average molecular weight is 345 g/mol. The number of aryl methyl sites for hydroxylation is 1. The number of carbonyl (C=O) groups excluding carboxylic acids is 2. The lowest BCUT2D eigenvalue weighted by Gasteiger charge is -2.06. The Morgan fingerprint density at radius 2 is 1.92 bits per heavy atom. The van der Waals surface area contributed by atoms with Crippen molar-refractivity contribution >= 4 is 22.6 Å². The summed E-state index contributed by atoms with van der Waals surface area (Å²) in [5, 5.41) is 0. The van der Waals surface area contributed by atoms with Crippen LogP contribution in [0.25, 0.3) is 11.0 Å². The normalized spacial score (nSPS) is 11.2. The van der Waals surface area contributed by atoms with E-state index in [9.17, 15) is 18.4 Å². The van der Waals surface area contributed by atoms with Gasteiger partial charge in [-0.2, -0.15) is 0 Å². The molecule has 3 rings (SSSR count). The molecule has 7 heteroatoms. The summed E-state index contributed by atoms with van der Waals surface area (Å²) in [5.41, 5.74) is 2.84. The average Bonchev–Trinajstić information content (AvgIpc) is 3.09. The van der Waals surface area contributed by atoms with Gasteiger partial charge in [0.2, 0.25) is 0 Å². The first kappa shape index (κ1) is 17.0. The van der Waals surface area contributed by atoms with Gasteiger partial charge in [-0.1, -0.05) is 6.92 Å². The van der Waals surface area contributed by atoms with Crippen molar-refractivity contribution in [3.8, 4) is 0 Å². The molecule has 0 amide bonds. The van der Waals surface area contributed by atoms with Crippen molar-refractivity contribution in [1.82, 2.24) is 14.5 Å². The minimum absolute atomic E-state index is 0.0914. The number of imidazole rings is 1. The third kappa shape index (κ3) is 2.86. The van der Waals surface area contributed by atoms with Crippen LogP contribution in [0.1, 0.15) is 46.0 Å². The van der Waals surface area contributed by atoms with Gasteiger partial charge in [-0.05, 0) is 25.8 Å². The Bertz CT molecular complexity index is 1000. The lowest BCUT2D eigenvalue weighted by Crippen LogP contribution is -2.12. The fourth-order valence-corrected chi connectivity index (χ4v) is 3.16. The summed E-state index contributed by atoms with van der Waals surface area (Å²) in [6.45, 7) is 4.99. The summed E-state index contributed by atoms with van der Waals surface area (Å²) in [4.78, 5) is 31.5. The first-order valence-corrected chi connectivity index (χ1v) is 7.88. The van der Waals surface area contributed by atoms with E-state index in [0.29, 0.717) is 34.5 Å². The standard InChI is InChI=1S/C18H17F2N3O2/c1-4-11-17(10(3)24)9(2)22-18(11)16(25)7-23-8-21-14-5-12(19)13(20)6-15(14)23/h5-6,8,22H,4,7H2,1-3H3. The molecule has 0 radical (unpaired) electrons. The molecule has 0 saturated carbocycles. The van der Waals surface area contributed by atoms with Gasteiger partial charge in [0.1, 0.15) is 0 Å². The molecule has 2 heterocycles. The second-order valence-electron chi connectivity index (χ2n) is 5.94. The van der Waals surface area contributed by atoms with Crippen LogP contribution in [0.4, 0.5) is 8.78 Å². The fourth-order valence-electron chi connectivity index (χ4n) is 3.16. The molecule has 25 heavy (non-hydrogen) atoms. The first-order valence-electron chi connectivity index (χ1n) is 7.88. The molecule has 3 aromatic rings. The number of ketones is 2. The van der Waals surface area contributed by atoms with E-state index in [2.05, 4.69) is 9.97 Å². The number of fused-ring (bicyclic) bond motifs is 1. The summed E-state index contributed by atoms with van der Waals surface area (Å²) in [6.07, 6.45) is 1.90. The number of aromatic amines is 1. The Kier molecular flexibility index (Phi) is 4.24. The topological polar surface area (TPSA) is 67.8 Å². The predicted octanol–water partition coefficient (Wildman–Crippen LogP) is 3.60. The molecule has 0 bridgehead atoms. The highest BCUT2D eigenvalue weighted by molar-refractivity contribution is 6.03. The number of carbonyl (C=O) groups is 2. The molecule has 0 fully saturated rings. The van der Waals surface area contributed by atoms with Crippen LogP contribution in [0.15, 0.2) is 18.5 Å². The van der Waals surface area contributed by atoms with Crippen molar-refractivity contribution in [3.63, 3.8) is 0 Å². The lowest BCUT2D eigenvalue weighted by atomic mass is 10.0. The van der Waals surface area contributed by atoms with Crippen molar-refractivity contribution in [3.05, 3.63) is 52.6 Å². The van der Waals surface area contributed by atoms with Gasteiger partial charge >= 0.3 is 0 Å². The molecule has 5 nitrogen and oxygen atoms in total. The molecule has 0 spiro atoms. The minimum Gasteiger partial charge on any atom is -0.355 e. The van der Waals surface area contributed by atoms with Gasteiger partial charge in [-0.3, -0.25) is 9.59 Å². The molecule has 2 aromatic heterocycles. The molecule has 0 aliphatic rings. The molecule has 130 valence electrons. The minimum atomic E-state index is -0.995. The number of benzene rings is 1. The molecular formula is C18H17F2N3O2. The lowest BCUT2D eigenvalue weighted by molar-refractivity contribution is 0.0968. The van der Waals surface area contributed by atoms with E-state index >= 15 is 0 Å². The van der Waals surface area contributed by atoms with Gasteiger partial charge in [-0.15, -0.1) is 0 Å². The number of nitrogens with one attached hydrogen (secondary N) is 1. The number of Topliss-reactive ketones (excluding diaryl/α,β-unsaturated/α-hetero) is 2.